The van der Waals surface area contributed by atoms with Gasteiger partial charge in [0.25, 0.3) is 0 Å². The minimum absolute atomic E-state index is 0.0379. The number of halogens is 1. The highest BCUT2D eigenvalue weighted by atomic mass is 35.5. The molecule has 1 heterocycles. The van der Waals surface area contributed by atoms with Crippen molar-refractivity contribution in [2.45, 2.75) is 115 Å². The van der Waals surface area contributed by atoms with E-state index in [1.54, 1.807) is 5.56 Å². The Morgan fingerprint density at radius 2 is 1.40 bits per heavy atom. The largest absolute Gasteiger partial charge is 0.344 e. The molecule has 0 saturated heterocycles. The Hall–Kier alpha value is -3.81. The van der Waals surface area contributed by atoms with Gasteiger partial charge in [-0.2, -0.15) is 0 Å². The maximum absolute atomic E-state index is 7.33. The highest BCUT2D eigenvalue weighted by molar-refractivity contribution is 6.33. The normalized spacial score (nSPS) is 21.5. The summed E-state index contributed by atoms with van der Waals surface area (Å²) in [6.45, 7) is 12.9. The van der Waals surface area contributed by atoms with Crippen LogP contribution >= 0.6 is 11.6 Å². The number of fused-ring (bicyclic) bond motifs is 5. The van der Waals surface area contributed by atoms with Gasteiger partial charge < -0.3 is 4.90 Å². The number of allylic oxidation sites excluding steroid dienone is 9. The first-order valence-electron chi connectivity index (χ1n) is 20.3. The van der Waals surface area contributed by atoms with Crippen molar-refractivity contribution in [3.8, 4) is 0 Å². The first kappa shape index (κ1) is 35.2. The molecule has 0 unspecified atom stereocenters. The summed E-state index contributed by atoms with van der Waals surface area (Å²) in [5, 5.41) is 6.45. The molecule has 4 aromatic rings. The highest BCUT2D eigenvalue weighted by Gasteiger charge is 2.48. The van der Waals surface area contributed by atoms with E-state index in [4.69, 9.17) is 18.2 Å². The van der Waals surface area contributed by atoms with Gasteiger partial charge in [0, 0.05) is 33.8 Å². The van der Waals surface area contributed by atoms with E-state index < -0.39 is 0 Å². The van der Waals surface area contributed by atoms with Crippen LogP contribution in [0.1, 0.15) is 114 Å². The molecule has 1 spiro atoms. The number of hydrogen-bond donors (Lipinski definition) is 0. The molecule has 0 radical (unpaired) electrons. The number of rotatable bonds is 8. The van der Waals surface area contributed by atoms with Crippen molar-refractivity contribution in [1.82, 2.24) is 0 Å². The maximum Gasteiger partial charge on any atom is 0.0470 e. The average molecular weight is 706 g/mol. The van der Waals surface area contributed by atoms with Crippen LogP contribution in [-0.4, -0.2) is 6.54 Å². The molecule has 1 nitrogen and oxygen atoms in total. The molecular weight excluding hydrogens is 650 g/mol. The second kappa shape index (κ2) is 14.5. The quantitative estimate of drug-likeness (QED) is 0.165. The zero-order chi connectivity index (χ0) is 35.9. The summed E-state index contributed by atoms with van der Waals surface area (Å²) < 4.78 is 0. The molecule has 1 aliphatic heterocycles. The Kier molecular flexibility index (Phi) is 9.86. The van der Waals surface area contributed by atoms with Gasteiger partial charge in [0.05, 0.1) is 0 Å². The Morgan fingerprint density at radius 1 is 0.769 bits per heavy atom. The van der Waals surface area contributed by atoms with Gasteiger partial charge in [-0.3, -0.25) is 0 Å². The fourth-order valence-electron chi connectivity index (χ4n) is 10.5. The SMILES string of the molecule is C=C(/C=C/C1=C(Cl)C(=C/C=C2/N(CCC(C)C)c3ccc4ccccc4c3C23CCCCC3)/CC1)C1(c2c(C)ccc3ccccc23)CCCCC1. The molecule has 0 amide bonds. The smallest absolute Gasteiger partial charge is 0.0470 e. The molecule has 0 atom stereocenters. The molecule has 2 saturated carbocycles. The van der Waals surface area contributed by atoms with Crippen LogP contribution in [0.2, 0.25) is 0 Å². The van der Waals surface area contributed by atoms with Gasteiger partial charge >= 0.3 is 0 Å². The third-order valence-corrected chi connectivity index (χ3v) is 13.7. The zero-order valence-electron chi connectivity index (χ0n) is 31.7. The zero-order valence-corrected chi connectivity index (χ0v) is 32.5. The monoisotopic (exact) mass is 705 g/mol. The number of hydrogen-bond acceptors (Lipinski definition) is 1. The van der Waals surface area contributed by atoms with Gasteiger partial charge in [-0.05, 0) is 125 Å². The third-order valence-electron chi connectivity index (χ3n) is 13.2. The van der Waals surface area contributed by atoms with E-state index in [1.807, 2.05) is 0 Å². The Balaban J connectivity index is 1.15. The molecule has 268 valence electrons. The lowest BCUT2D eigenvalue weighted by Gasteiger charge is -2.41. The molecule has 3 aliphatic carbocycles. The summed E-state index contributed by atoms with van der Waals surface area (Å²) in [6.07, 6.45) is 25.1. The first-order valence-corrected chi connectivity index (χ1v) is 20.7. The second-order valence-electron chi connectivity index (χ2n) is 16.7. The fraction of sp³-hybridized carbons (Fsp3) is 0.400. The van der Waals surface area contributed by atoms with Gasteiger partial charge in [-0.15, -0.1) is 0 Å². The predicted octanol–water partition coefficient (Wildman–Crippen LogP) is 14.5. The molecule has 0 aromatic heterocycles. The van der Waals surface area contributed by atoms with Crippen molar-refractivity contribution in [2.24, 2.45) is 5.92 Å². The summed E-state index contributed by atoms with van der Waals surface area (Å²) in [5.41, 5.74) is 11.2. The van der Waals surface area contributed by atoms with Crippen molar-refractivity contribution < 1.29 is 0 Å². The molecule has 8 rings (SSSR count). The molecule has 2 heteroatoms. The van der Waals surface area contributed by atoms with Gasteiger partial charge in [0.15, 0.2) is 0 Å². The van der Waals surface area contributed by atoms with Crippen LogP contribution in [0.25, 0.3) is 21.5 Å². The third kappa shape index (κ3) is 6.12. The molecule has 4 aliphatic rings. The number of nitrogens with zero attached hydrogens (tertiary/aromatic N) is 1. The van der Waals surface area contributed by atoms with E-state index in [2.05, 4.69) is 123 Å². The van der Waals surface area contributed by atoms with Crippen molar-refractivity contribution >= 4 is 38.8 Å². The number of benzene rings is 4. The Labute approximate surface area is 317 Å². The topological polar surface area (TPSA) is 3.24 Å². The van der Waals surface area contributed by atoms with E-state index >= 15 is 0 Å². The minimum Gasteiger partial charge on any atom is -0.344 e. The number of anilines is 1. The first-order chi connectivity index (χ1) is 25.3. The van der Waals surface area contributed by atoms with E-state index in [9.17, 15) is 0 Å². The van der Waals surface area contributed by atoms with Gasteiger partial charge in [0.2, 0.25) is 0 Å². The summed E-state index contributed by atoms with van der Waals surface area (Å²) in [4.78, 5) is 2.69. The molecule has 0 N–H and O–H groups in total. The molecule has 2 fully saturated rings. The van der Waals surface area contributed by atoms with Crippen molar-refractivity contribution in [3.63, 3.8) is 0 Å². The van der Waals surface area contributed by atoms with E-state index in [-0.39, 0.29) is 10.8 Å². The van der Waals surface area contributed by atoms with Gasteiger partial charge in [0.1, 0.15) is 0 Å². The van der Waals surface area contributed by atoms with Gasteiger partial charge in [-0.25, -0.2) is 0 Å². The van der Waals surface area contributed by atoms with Gasteiger partial charge in [-0.1, -0.05) is 156 Å². The lowest BCUT2D eigenvalue weighted by molar-refractivity contribution is 0.346. The summed E-state index contributed by atoms with van der Waals surface area (Å²) in [6, 6.07) is 27.4. The van der Waals surface area contributed by atoms with Crippen molar-refractivity contribution in [2.75, 3.05) is 11.4 Å². The van der Waals surface area contributed by atoms with E-state index in [0.29, 0.717) is 5.92 Å². The van der Waals surface area contributed by atoms with E-state index in [1.165, 1.54) is 119 Å². The van der Waals surface area contributed by atoms with Crippen LogP contribution in [0.5, 0.6) is 0 Å². The van der Waals surface area contributed by atoms with Crippen LogP contribution in [-0.2, 0) is 10.8 Å². The number of aryl methyl sites for hydroxylation is 1. The summed E-state index contributed by atoms with van der Waals surface area (Å²) in [5.74, 6) is 0.653. The second-order valence-corrected chi connectivity index (χ2v) is 17.1. The van der Waals surface area contributed by atoms with Crippen molar-refractivity contribution in [3.05, 3.63) is 148 Å². The van der Waals surface area contributed by atoms with Crippen LogP contribution < -0.4 is 4.90 Å². The Morgan fingerprint density at radius 3 is 2.10 bits per heavy atom. The summed E-state index contributed by atoms with van der Waals surface area (Å²) in [7, 11) is 0. The predicted molar refractivity (Wildman–Crippen MR) is 226 cm³/mol. The summed E-state index contributed by atoms with van der Waals surface area (Å²) >= 11 is 7.33. The lowest BCUT2D eigenvalue weighted by atomic mass is 9.63. The van der Waals surface area contributed by atoms with Crippen molar-refractivity contribution in [1.29, 1.82) is 0 Å². The standard InChI is InChI=1S/C50H56ClN/c1-35(2)29-34-52-44-27-25-39-16-8-10-18-43(39)47(44)50(32-13-6-14-33-50)45(52)28-26-41-24-23-40(48(41)51)22-20-37(4)49(30-11-5-12-31-49)46-36(3)19-21-38-15-7-9-17-42(38)46/h7-10,15-22,25-28,35H,4-6,11-14,23-24,29-34H2,1-3H3/b22-20+,41-26+,45-28+. The van der Waals surface area contributed by atoms with Crippen LogP contribution in [0.3, 0.4) is 0 Å². The molecule has 52 heavy (non-hydrogen) atoms. The molecule has 0 bridgehead atoms. The highest BCUT2D eigenvalue weighted by Crippen LogP contribution is 2.58. The molecular formula is C50H56ClN. The fourth-order valence-corrected chi connectivity index (χ4v) is 10.8. The minimum atomic E-state index is -0.0379. The average Bonchev–Trinajstić information content (AvgIpc) is 3.65. The molecule has 4 aromatic carbocycles. The Bertz CT molecular complexity index is 2120. The van der Waals surface area contributed by atoms with Crippen LogP contribution in [0.4, 0.5) is 5.69 Å². The van der Waals surface area contributed by atoms with Crippen LogP contribution in [0, 0.1) is 12.8 Å². The van der Waals surface area contributed by atoms with E-state index in [0.717, 1.165) is 37.3 Å². The lowest BCUT2D eigenvalue weighted by Crippen LogP contribution is -2.34. The van der Waals surface area contributed by atoms with Crippen LogP contribution in [0.15, 0.2) is 131 Å². The maximum atomic E-state index is 7.33.